The molecule has 0 amide bonds. The molecule has 21 heavy (non-hydrogen) atoms. The van der Waals surface area contributed by atoms with E-state index in [1.54, 1.807) is 0 Å². The van der Waals surface area contributed by atoms with Crippen LogP contribution < -0.4 is 10.6 Å². The molecule has 0 aromatic carbocycles. The van der Waals surface area contributed by atoms with E-state index in [-0.39, 0.29) is 0 Å². The van der Waals surface area contributed by atoms with E-state index in [9.17, 15) is 0 Å². The maximum Gasteiger partial charge on any atom is 0.191 e. The number of aromatic nitrogens is 1. The van der Waals surface area contributed by atoms with Crippen LogP contribution in [0.1, 0.15) is 30.5 Å². The van der Waals surface area contributed by atoms with E-state index in [2.05, 4.69) is 38.5 Å². The van der Waals surface area contributed by atoms with E-state index >= 15 is 0 Å². The summed E-state index contributed by atoms with van der Waals surface area (Å²) in [6.07, 6.45) is 5.89. The van der Waals surface area contributed by atoms with Crippen LogP contribution in [0.2, 0.25) is 0 Å². The third-order valence-corrected chi connectivity index (χ3v) is 3.93. The molecule has 5 heteroatoms. The number of nitrogens with zero attached hydrogens (tertiary/aromatic N) is 3. The normalized spacial score (nSPS) is 16.8. The van der Waals surface area contributed by atoms with Crippen molar-refractivity contribution in [3.05, 3.63) is 29.6 Å². The van der Waals surface area contributed by atoms with E-state index in [0.717, 1.165) is 24.7 Å². The number of aliphatic imine (C=N–C) groups is 1. The molecule has 116 valence electrons. The van der Waals surface area contributed by atoms with Crippen molar-refractivity contribution in [2.45, 2.75) is 32.7 Å². The highest BCUT2D eigenvalue weighted by atomic mass is 15.2. The van der Waals surface area contributed by atoms with E-state index in [1.807, 2.05) is 19.3 Å². The quantitative estimate of drug-likeness (QED) is 0.638. The fourth-order valence-corrected chi connectivity index (χ4v) is 2.61. The molecule has 2 rings (SSSR count). The standard InChI is InChI=1S/C16H27N5/c1-14-7-6-8-18-15(14)13-20-16(17-2)19-9-12-21-10-4-3-5-11-21/h6-8H,3-5,9-13H2,1-2H3,(H2,17,19,20). The van der Waals surface area contributed by atoms with Crippen LogP contribution >= 0.6 is 0 Å². The molecule has 2 N–H and O–H groups in total. The summed E-state index contributed by atoms with van der Waals surface area (Å²) in [5, 5.41) is 6.70. The van der Waals surface area contributed by atoms with Gasteiger partial charge in [0.15, 0.2) is 5.96 Å². The predicted molar refractivity (Wildman–Crippen MR) is 87.5 cm³/mol. The minimum Gasteiger partial charge on any atom is -0.355 e. The van der Waals surface area contributed by atoms with Crippen LogP contribution in [0.3, 0.4) is 0 Å². The Labute approximate surface area is 127 Å². The molecule has 1 fully saturated rings. The Morgan fingerprint density at radius 2 is 2.10 bits per heavy atom. The zero-order chi connectivity index (χ0) is 14.9. The van der Waals surface area contributed by atoms with Crippen molar-refractivity contribution >= 4 is 5.96 Å². The highest BCUT2D eigenvalue weighted by Crippen LogP contribution is 2.07. The van der Waals surface area contributed by atoms with Crippen molar-refractivity contribution < 1.29 is 0 Å². The van der Waals surface area contributed by atoms with Gasteiger partial charge in [0.25, 0.3) is 0 Å². The molecular weight excluding hydrogens is 262 g/mol. The third kappa shape index (κ3) is 5.34. The number of aryl methyl sites for hydroxylation is 1. The first-order valence-electron chi connectivity index (χ1n) is 7.87. The van der Waals surface area contributed by atoms with Crippen molar-refractivity contribution in [3.8, 4) is 0 Å². The minimum absolute atomic E-state index is 0.704. The molecule has 1 aliphatic heterocycles. The van der Waals surface area contributed by atoms with Gasteiger partial charge in [-0.3, -0.25) is 9.98 Å². The highest BCUT2D eigenvalue weighted by molar-refractivity contribution is 5.79. The maximum absolute atomic E-state index is 4.38. The van der Waals surface area contributed by atoms with Crippen molar-refractivity contribution in [1.29, 1.82) is 0 Å². The second-order valence-electron chi connectivity index (χ2n) is 5.52. The van der Waals surface area contributed by atoms with Crippen LogP contribution in [-0.2, 0) is 6.54 Å². The SMILES string of the molecule is CN=C(NCCN1CCCCC1)NCc1ncccc1C. The number of likely N-dealkylation sites (tertiary alicyclic amines) is 1. The fourth-order valence-electron chi connectivity index (χ4n) is 2.61. The first kappa shape index (κ1) is 15.8. The van der Waals surface area contributed by atoms with Gasteiger partial charge in [-0.05, 0) is 44.5 Å². The number of nitrogens with one attached hydrogen (secondary N) is 2. The lowest BCUT2D eigenvalue weighted by Gasteiger charge is -2.26. The van der Waals surface area contributed by atoms with Gasteiger partial charge in [0.05, 0.1) is 12.2 Å². The van der Waals surface area contributed by atoms with Gasteiger partial charge in [0.1, 0.15) is 0 Å². The van der Waals surface area contributed by atoms with Gasteiger partial charge in [-0.1, -0.05) is 12.5 Å². The molecule has 0 unspecified atom stereocenters. The second-order valence-corrected chi connectivity index (χ2v) is 5.52. The molecule has 0 radical (unpaired) electrons. The van der Waals surface area contributed by atoms with Crippen LogP contribution in [0, 0.1) is 6.92 Å². The summed E-state index contributed by atoms with van der Waals surface area (Å²) in [6, 6.07) is 4.04. The molecule has 0 aliphatic carbocycles. The number of hydrogen-bond donors (Lipinski definition) is 2. The maximum atomic E-state index is 4.38. The summed E-state index contributed by atoms with van der Waals surface area (Å²) in [5.41, 5.74) is 2.27. The summed E-state index contributed by atoms with van der Waals surface area (Å²) >= 11 is 0. The van der Waals surface area contributed by atoms with Crippen molar-refractivity contribution in [2.75, 3.05) is 33.2 Å². The Morgan fingerprint density at radius 1 is 1.29 bits per heavy atom. The average Bonchev–Trinajstić information content (AvgIpc) is 2.53. The van der Waals surface area contributed by atoms with Crippen LogP contribution in [-0.4, -0.2) is 49.1 Å². The van der Waals surface area contributed by atoms with Crippen molar-refractivity contribution in [2.24, 2.45) is 4.99 Å². The minimum atomic E-state index is 0.704. The van der Waals surface area contributed by atoms with E-state index in [0.29, 0.717) is 6.54 Å². The number of hydrogen-bond acceptors (Lipinski definition) is 3. The lowest BCUT2D eigenvalue weighted by Crippen LogP contribution is -2.42. The number of pyridine rings is 1. The molecule has 1 aromatic heterocycles. The average molecular weight is 289 g/mol. The Bertz CT molecular complexity index is 452. The number of guanidine groups is 1. The Balaban J connectivity index is 1.69. The van der Waals surface area contributed by atoms with Crippen molar-refractivity contribution in [1.82, 2.24) is 20.5 Å². The molecule has 0 saturated carbocycles. The van der Waals surface area contributed by atoms with Gasteiger partial charge in [0.2, 0.25) is 0 Å². The van der Waals surface area contributed by atoms with Gasteiger partial charge in [0, 0.05) is 26.3 Å². The first-order valence-corrected chi connectivity index (χ1v) is 7.87. The molecule has 0 spiro atoms. The number of piperidine rings is 1. The molecule has 1 aromatic rings. The van der Waals surface area contributed by atoms with E-state index in [4.69, 9.17) is 0 Å². The van der Waals surface area contributed by atoms with Gasteiger partial charge in [-0.15, -0.1) is 0 Å². The molecule has 0 bridgehead atoms. The lowest BCUT2D eigenvalue weighted by molar-refractivity contribution is 0.232. The van der Waals surface area contributed by atoms with Crippen LogP contribution in [0.25, 0.3) is 0 Å². The topological polar surface area (TPSA) is 52.6 Å². The second kappa shape index (κ2) is 8.62. The van der Waals surface area contributed by atoms with E-state index < -0.39 is 0 Å². The smallest absolute Gasteiger partial charge is 0.191 e. The van der Waals surface area contributed by atoms with E-state index in [1.165, 1.54) is 37.9 Å². The third-order valence-electron chi connectivity index (χ3n) is 3.93. The summed E-state index contributed by atoms with van der Waals surface area (Å²) < 4.78 is 0. The van der Waals surface area contributed by atoms with Crippen LogP contribution in [0.5, 0.6) is 0 Å². The molecular formula is C16H27N5. The molecule has 0 atom stereocenters. The van der Waals surface area contributed by atoms with Crippen molar-refractivity contribution in [3.63, 3.8) is 0 Å². The predicted octanol–water partition coefficient (Wildman–Crippen LogP) is 1.54. The zero-order valence-corrected chi connectivity index (χ0v) is 13.2. The summed E-state index contributed by atoms with van der Waals surface area (Å²) in [7, 11) is 1.81. The molecule has 2 heterocycles. The number of rotatable bonds is 5. The van der Waals surface area contributed by atoms with Gasteiger partial charge >= 0.3 is 0 Å². The Hall–Kier alpha value is -1.62. The van der Waals surface area contributed by atoms with Gasteiger partial charge in [-0.25, -0.2) is 0 Å². The fraction of sp³-hybridized carbons (Fsp3) is 0.625. The van der Waals surface area contributed by atoms with Gasteiger partial charge in [-0.2, -0.15) is 0 Å². The summed E-state index contributed by atoms with van der Waals surface area (Å²) in [4.78, 5) is 11.2. The van der Waals surface area contributed by atoms with Crippen LogP contribution in [0.4, 0.5) is 0 Å². The summed E-state index contributed by atoms with van der Waals surface area (Å²) in [6.45, 7) is 7.28. The first-order chi connectivity index (χ1) is 10.3. The molecule has 5 nitrogen and oxygen atoms in total. The van der Waals surface area contributed by atoms with Crippen LogP contribution in [0.15, 0.2) is 23.3 Å². The van der Waals surface area contributed by atoms with Gasteiger partial charge < -0.3 is 15.5 Å². The monoisotopic (exact) mass is 289 g/mol. The molecule has 1 aliphatic rings. The lowest BCUT2D eigenvalue weighted by atomic mass is 10.1. The Kier molecular flexibility index (Phi) is 6.47. The largest absolute Gasteiger partial charge is 0.355 e. The molecule has 1 saturated heterocycles. The Morgan fingerprint density at radius 3 is 2.81 bits per heavy atom. The summed E-state index contributed by atoms with van der Waals surface area (Å²) in [5.74, 6) is 0.845. The highest BCUT2D eigenvalue weighted by Gasteiger charge is 2.09. The zero-order valence-electron chi connectivity index (χ0n) is 13.2.